The van der Waals surface area contributed by atoms with E-state index < -0.39 is 5.97 Å². The van der Waals surface area contributed by atoms with Crippen molar-refractivity contribution < 1.29 is 19.1 Å². The fourth-order valence-electron chi connectivity index (χ4n) is 1.65. The minimum absolute atomic E-state index is 0.0705. The molecule has 0 spiro atoms. The normalized spacial score (nSPS) is 10.6. The van der Waals surface area contributed by atoms with Crippen LogP contribution in [0.2, 0.25) is 5.15 Å². The number of rotatable bonds is 5. The van der Waals surface area contributed by atoms with Crippen molar-refractivity contribution >= 4 is 44.9 Å². The van der Waals surface area contributed by atoms with Crippen molar-refractivity contribution in [3.63, 3.8) is 0 Å². The Morgan fingerprint density at radius 1 is 1.30 bits per heavy atom. The van der Waals surface area contributed by atoms with E-state index in [2.05, 4.69) is 9.72 Å². The van der Waals surface area contributed by atoms with Gasteiger partial charge in [0.05, 0.1) is 35.7 Å². The fourth-order valence-corrected chi connectivity index (χ4v) is 2.87. The molecule has 0 aromatic carbocycles. The van der Waals surface area contributed by atoms with E-state index in [0.29, 0.717) is 16.1 Å². The molecule has 106 valence electrons. The molecule has 20 heavy (non-hydrogen) atoms. The topological polar surface area (TPSA) is 65.5 Å². The summed E-state index contributed by atoms with van der Waals surface area (Å²) in [6.45, 7) is 0. The number of thiophene rings is 1. The molecule has 0 aliphatic carbocycles. The first-order valence-corrected chi connectivity index (χ1v) is 6.98. The molecule has 2 rings (SSSR count). The number of carbonyl (C=O) groups excluding carboxylic acids is 2. The van der Waals surface area contributed by atoms with E-state index in [1.165, 1.54) is 25.6 Å². The van der Waals surface area contributed by atoms with Crippen molar-refractivity contribution in [2.45, 2.75) is 12.8 Å². The number of Topliss-reactive ketones (excluding diaryl/α,β-unsaturated/α-hetero) is 1. The first-order chi connectivity index (χ1) is 9.55. The molecule has 0 unspecified atom stereocenters. The Labute approximate surface area is 124 Å². The lowest BCUT2D eigenvalue weighted by Gasteiger charge is -2.00. The van der Waals surface area contributed by atoms with Crippen LogP contribution in [0.25, 0.3) is 10.2 Å². The van der Waals surface area contributed by atoms with E-state index in [9.17, 15) is 9.59 Å². The lowest BCUT2D eigenvalue weighted by Crippen LogP contribution is -2.04. The minimum Gasteiger partial charge on any atom is -0.493 e. The molecular weight excluding hydrogens is 302 g/mol. The molecule has 0 N–H and O–H groups in total. The van der Waals surface area contributed by atoms with Crippen molar-refractivity contribution in [1.82, 2.24) is 4.98 Å². The van der Waals surface area contributed by atoms with Gasteiger partial charge in [0.1, 0.15) is 0 Å². The maximum Gasteiger partial charge on any atom is 0.305 e. The van der Waals surface area contributed by atoms with Crippen LogP contribution in [-0.4, -0.2) is 31.0 Å². The molecule has 0 bridgehead atoms. The average Bonchev–Trinajstić information content (AvgIpc) is 2.85. The SMILES string of the molecule is COC(=O)CCC(=O)c1cc2nc(Cl)c(OC)cc2s1. The summed E-state index contributed by atoms with van der Waals surface area (Å²) < 4.78 is 10.4. The quantitative estimate of drug-likeness (QED) is 0.482. The zero-order valence-corrected chi connectivity index (χ0v) is 12.5. The molecule has 0 amide bonds. The van der Waals surface area contributed by atoms with Crippen LogP contribution in [0, 0.1) is 0 Å². The highest BCUT2D eigenvalue weighted by atomic mass is 35.5. The van der Waals surface area contributed by atoms with E-state index in [-0.39, 0.29) is 23.8 Å². The third kappa shape index (κ3) is 3.08. The zero-order valence-electron chi connectivity index (χ0n) is 10.9. The van der Waals surface area contributed by atoms with Crippen molar-refractivity contribution in [1.29, 1.82) is 0 Å². The molecule has 5 nitrogen and oxygen atoms in total. The van der Waals surface area contributed by atoms with Crippen LogP contribution in [0.15, 0.2) is 12.1 Å². The van der Waals surface area contributed by atoms with E-state index in [1.54, 1.807) is 12.1 Å². The smallest absolute Gasteiger partial charge is 0.305 e. The standard InChI is InChI=1S/C13H12ClNO4S/c1-18-9-6-10-7(15-13(9)14)5-11(20-10)8(16)3-4-12(17)19-2/h5-6H,3-4H2,1-2H3. The summed E-state index contributed by atoms with van der Waals surface area (Å²) in [7, 11) is 2.80. The van der Waals surface area contributed by atoms with E-state index in [4.69, 9.17) is 16.3 Å². The van der Waals surface area contributed by atoms with E-state index in [0.717, 1.165) is 4.70 Å². The number of fused-ring (bicyclic) bond motifs is 1. The lowest BCUT2D eigenvalue weighted by molar-refractivity contribution is -0.140. The largest absolute Gasteiger partial charge is 0.493 e. The van der Waals surface area contributed by atoms with Gasteiger partial charge in [-0.25, -0.2) is 4.98 Å². The van der Waals surface area contributed by atoms with Gasteiger partial charge >= 0.3 is 5.97 Å². The summed E-state index contributed by atoms with van der Waals surface area (Å²) in [6.07, 6.45) is 0.186. The third-order valence-electron chi connectivity index (χ3n) is 2.70. The predicted molar refractivity (Wildman–Crippen MR) is 76.8 cm³/mol. The van der Waals surface area contributed by atoms with Gasteiger partial charge in [-0.15, -0.1) is 11.3 Å². The average molecular weight is 314 g/mol. The van der Waals surface area contributed by atoms with Gasteiger partial charge in [0.15, 0.2) is 16.7 Å². The number of hydrogen-bond donors (Lipinski definition) is 0. The van der Waals surface area contributed by atoms with Crippen LogP contribution in [-0.2, 0) is 9.53 Å². The van der Waals surface area contributed by atoms with Gasteiger partial charge in [-0.1, -0.05) is 11.6 Å². The first kappa shape index (κ1) is 14.7. The number of aromatic nitrogens is 1. The van der Waals surface area contributed by atoms with Gasteiger partial charge in [0, 0.05) is 12.5 Å². The number of hydrogen-bond acceptors (Lipinski definition) is 6. The number of nitrogens with zero attached hydrogens (tertiary/aromatic N) is 1. The molecule has 0 saturated heterocycles. The summed E-state index contributed by atoms with van der Waals surface area (Å²) in [4.78, 5) is 27.7. The Balaban J connectivity index is 2.23. The zero-order chi connectivity index (χ0) is 14.7. The number of methoxy groups -OCH3 is 2. The number of halogens is 1. The Bertz CT molecular complexity index is 668. The van der Waals surface area contributed by atoms with Crippen LogP contribution in [0.4, 0.5) is 0 Å². The van der Waals surface area contributed by atoms with Crippen LogP contribution in [0.5, 0.6) is 5.75 Å². The molecule has 2 aromatic heterocycles. The number of ketones is 1. The molecule has 0 saturated carbocycles. The van der Waals surface area contributed by atoms with Crippen LogP contribution >= 0.6 is 22.9 Å². The predicted octanol–water partition coefficient (Wildman–Crippen LogP) is 3.09. The second kappa shape index (κ2) is 6.19. The highest BCUT2D eigenvalue weighted by Crippen LogP contribution is 2.32. The van der Waals surface area contributed by atoms with Gasteiger partial charge < -0.3 is 9.47 Å². The van der Waals surface area contributed by atoms with Gasteiger partial charge in [0.25, 0.3) is 0 Å². The number of ether oxygens (including phenoxy) is 2. The van der Waals surface area contributed by atoms with Crippen molar-refractivity contribution in [3.8, 4) is 5.75 Å². The molecule has 7 heteroatoms. The van der Waals surface area contributed by atoms with Crippen molar-refractivity contribution in [2.75, 3.05) is 14.2 Å². The Morgan fingerprint density at radius 3 is 2.70 bits per heavy atom. The highest BCUT2D eigenvalue weighted by Gasteiger charge is 2.15. The molecule has 0 radical (unpaired) electrons. The minimum atomic E-state index is -0.401. The molecule has 0 fully saturated rings. The van der Waals surface area contributed by atoms with Crippen molar-refractivity contribution in [2.24, 2.45) is 0 Å². The van der Waals surface area contributed by atoms with Crippen LogP contribution < -0.4 is 4.74 Å². The van der Waals surface area contributed by atoms with Crippen LogP contribution in [0.3, 0.4) is 0 Å². The molecule has 0 aliphatic heterocycles. The number of esters is 1. The Morgan fingerprint density at radius 2 is 2.05 bits per heavy atom. The fraction of sp³-hybridized carbons (Fsp3) is 0.308. The number of carbonyl (C=O) groups is 2. The van der Waals surface area contributed by atoms with Crippen LogP contribution in [0.1, 0.15) is 22.5 Å². The molecular formula is C13H12ClNO4S. The lowest BCUT2D eigenvalue weighted by atomic mass is 10.2. The maximum absolute atomic E-state index is 12.0. The van der Waals surface area contributed by atoms with Gasteiger partial charge in [-0.2, -0.15) is 0 Å². The van der Waals surface area contributed by atoms with Gasteiger partial charge in [-0.05, 0) is 6.07 Å². The highest BCUT2D eigenvalue weighted by molar-refractivity contribution is 7.20. The third-order valence-corrected chi connectivity index (χ3v) is 4.09. The van der Waals surface area contributed by atoms with Crippen molar-refractivity contribution in [3.05, 3.63) is 22.2 Å². The summed E-state index contributed by atoms with van der Waals surface area (Å²) in [6, 6.07) is 3.41. The molecule has 0 atom stereocenters. The summed E-state index contributed by atoms with van der Waals surface area (Å²) in [5.41, 5.74) is 0.641. The van der Waals surface area contributed by atoms with E-state index in [1.807, 2.05) is 0 Å². The summed E-state index contributed by atoms with van der Waals surface area (Å²) in [5, 5.41) is 0.256. The maximum atomic E-state index is 12.0. The second-order valence-electron chi connectivity index (χ2n) is 3.97. The molecule has 2 aromatic rings. The molecule has 0 aliphatic rings. The number of pyridine rings is 1. The Kier molecular flexibility index (Phi) is 4.57. The summed E-state index contributed by atoms with van der Waals surface area (Å²) in [5.74, 6) is -0.0506. The van der Waals surface area contributed by atoms with Gasteiger partial charge in [-0.3, -0.25) is 9.59 Å². The molecule has 2 heterocycles. The van der Waals surface area contributed by atoms with E-state index >= 15 is 0 Å². The Hall–Kier alpha value is -1.66. The first-order valence-electron chi connectivity index (χ1n) is 5.79. The second-order valence-corrected chi connectivity index (χ2v) is 5.42. The van der Waals surface area contributed by atoms with Gasteiger partial charge in [0.2, 0.25) is 0 Å². The summed E-state index contributed by atoms with van der Waals surface area (Å²) >= 11 is 7.24. The monoisotopic (exact) mass is 313 g/mol.